The summed E-state index contributed by atoms with van der Waals surface area (Å²) in [6.45, 7) is 4.56. The molecule has 1 aromatic heterocycles. The van der Waals surface area contributed by atoms with Crippen molar-refractivity contribution in [2.75, 3.05) is 6.54 Å². The summed E-state index contributed by atoms with van der Waals surface area (Å²) < 4.78 is 28.1. The van der Waals surface area contributed by atoms with Gasteiger partial charge in [0.25, 0.3) is 5.66 Å². The highest BCUT2D eigenvalue weighted by Crippen LogP contribution is 2.41. The van der Waals surface area contributed by atoms with E-state index in [0.717, 1.165) is 36.4 Å². The van der Waals surface area contributed by atoms with E-state index >= 15 is 0 Å². The van der Waals surface area contributed by atoms with E-state index in [1.807, 2.05) is 18.7 Å². The van der Waals surface area contributed by atoms with Crippen LogP contribution in [0.3, 0.4) is 0 Å². The van der Waals surface area contributed by atoms with Crippen LogP contribution in [0.15, 0.2) is 30.1 Å². The molecule has 1 saturated carbocycles. The SMILES string of the molecule is CC(C)C(C(=O)N1CCCC1c1nc2ccc(C(F)(F)P)cc2s1)N(N)/C=C(\N)C1CC1. The minimum Gasteiger partial charge on any atom is -0.401 e. The molecule has 174 valence electrons. The Morgan fingerprint density at radius 3 is 2.72 bits per heavy atom. The van der Waals surface area contributed by atoms with Crippen LogP contribution in [0, 0.1) is 11.8 Å². The van der Waals surface area contributed by atoms with Crippen LogP contribution in [0.4, 0.5) is 8.78 Å². The molecule has 2 heterocycles. The summed E-state index contributed by atoms with van der Waals surface area (Å²) in [5.74, 6) is 6.60. The van der Waals surface area contributed by atoms with Gasteiger partial charge in [-0.25, -0.2) is 10.8 Å². The zero-order valence-corrected chi connectivity index (χ0v) is 20.3. The minimum atomic E-state index is -2.99. The van der Waals surface area contributed by atoms with Crippen LogP contribution in [0.2, 0.25) is 0 Å². The number of nitrogens with two attached hydrogens (primary N) is 2. The smallest absolute Gasteiger partial charge is 0.283 e. The highest BCUT2D eigenvalue weighted by Gasteiger charge is 2.39. The Balaban J connectivity index is 1.59. The number of nitrogens with zero attached hydrogens (tertiary/aromatic N) is 3. The third-order valence-electron chi connectivity index (χ3n) is 6.16. The maximum Gasteiger partial charge on any atom is 0.283 e. The van der Waals surface area contributed by atoms with Crippen LogP contribution in [0.1, 0.15) is 56.1 Å². The molecule has 1 aromatic carbocycles. The molecule has 0 bridgehead atoms. The molecule has 3 atom stereocenters. The van der Waals surface area contributed by atoms with E-state index < -0.39 is 11.7 Å². The number of fused-ring (bicyclic) bond motifs is 1. The maximum absolute atomic E-state index is 13.7. The van der Waals surface area contributed by atoms with Crippen molar-refractivity contribution in [3.05, 3.63) is 40.7 Å². The molecule has 1 saturated heterocycles. The Kier molecular flexibility index (Phi) is 6.45. The predicted molar refractivity (Wildman–Crippen MR) is 127 cm³/mol. The number of thiazole rings is 1. The number of allylic oxidation sites excluding steroid dienone is 1. The normalized spacial score (nSPS) is 20.9. The van der Waals surface area contributed by atoms with Gasteiger partial charge < -0.3 is 15.6 Å². The second-order valence-corrected chi connectivity index (χ2v) is 10.9. The first-order chi connectivity index (χ1) is 15.1. The van der Waals surface area contributed by atoms with E-state index in [-0.39, 0.29) is 23.4 Å². The van der Waals surface area contributed by atoms with Gasteiger partial charge in [-0.15, -0.1) is 11.3 Å². The molecule has 3 unspecified atom stereocenters. The first kappa shape index (κ1) is 23.3. The largest absolute Gasteiger partial charge is 0.401 e. The van der Waals surface area contributed by atoms with E-state index in [9.17, 15) is 13.6 Å². The zero-order valence-electron chi connectivity index (χ0n) is 18.3. The minimum absolute atomic E-state index is 0.0146. The monoisotopic (exact) mass is 481 g/mol. The predicted octanol–water partition coefficient (Wildman–Crippen LogP) is 4.29. The van der Waals surface area contributed by atoms with Crippen molar-refractivity contribution in [3.8, 4) is 0 Å². The highest BCUT2D eigenvalue weighted by atomic mass is 32.1. The van der Waals surface area contributed by atoms with Crippen molar-refractivity contribution in [3.63, 3.8) is 0 Å². The summed E-state index contributed by atoms with van der Waals surface area (Å²) in [7, 11) is 1.57. The molecular weight excluding hydrogens is 451 g/mol. The lowest BCUT2D eigenvalue weighted by atomic mass is 10.0. The average Bonchev–Trinajstić information content (AvgIpc) is 3.29. The van der Waals surface area contributed by atoms with Gasteiger partial charge in [-0.05, 0) is 43.7 Å². The number of halogens is 2. The lowest BCUT2D eigenvalue weighted by Gasteiger charge is -2.34. The number of alkyl halides is 2. The molecule has 2 fully saturated rings. The Bertz CT molecular complexity index is 1030. The molecule has 0 spiro atoms. The summed E-state index contributed by atoms with van der Waals surface area (Å²) in [6.07, 6.45) is 5.47. The summed E-state index contributed by atoms with van der Waals surface area (Å²) in [6, 6.07) is 3.78. The van der Waals surface area contributed by atoms with Crippen LogP contribution in [0.5, 0.6) is 0 Å². The molecular formula is C22H30F2N5OPS. The molecule has 1 amide bonds. The number of hydrogen-bond acceptors (Lipinski definition) is 6. The van der Waals surface area contributed by atoms with Crippen molar-refractivity contribution < 1.29 is 13.6 Å². The number of hydrogen-bond donors (Lipinski definition) is 2. The van der Waals surface area contributed by atoms with Crippen molar-refractivity contribution in [1.82, 2.24) is 14.9 Å². The van der Waals surface area contributed by atoms with Crippen LogP contribution in [-0.4, -0.2) is 33.4 Å². The summed E-state index contributed by atoms with van der Waals surface area (Å²) in [5, 5.41) is 2.23. The summed E-state index contributed by atoms with van der Waals surface area (Å²) in [5.41, 5.74) is 4.46. The lowest BCUT2D eigenvalue weighted by molar-refractivity contribution is -0.138. The van der Waals surface area contributed by atoms with Crippen LogP contribution >= 0.6 is 20.6 Å². The summed E-state index contributed by atoms with van der Waals surface area (Å²) in [4.78, 5) is 20.1. The first-order valence-corrected chi connectivity index (χ1v) is 12.3. The zero-order chi connectivity index (χ0) is 23.2. The molecule has 4 N–H and O–H groups in total. The fourth-order valence-corrected chi connectivity index (χ4v) is 5.62. The topological polar surface area (TPSA) is 88.5 Å². The number of hydrazine groups is 1. The van der Waals surface area contributed by atoms with E-state index in [1.165, 1.54) is 28.5 Å². The van der Waals surface area contributed by atoms with Gasteiger partial charge in [0.1, 0.15) is 11.0 Å². The van der Waals surface area contributed by atoms with Crippen LogP contribution < -0.4 is 11.6 Å². The van der Waals surface area contributed by atoms with E-state index in [2.05, 4.69) is 4.98 Å². The molecule has 1 aliphatic carbocycles. The van der Waals surface area contributed by atoms with E-state index in [4.69, 9.17) is 11.6 Å². The molecule has 6 nitrogen and oxygen atoms in total. The van der Waals surface area contributed by atoms with Gasteiger partial charge in [0.2, 0.25) is 5.91 Å². The number of carbonyl (C=O) groups is 1. The third-order valence-corrected chi connectivity index (χ3v) is 7.62. The number of benzene rings is 1. The quantitative estimate of drug-likeness (QED) is 0.350. The van der Waals surface area contributed by atoms with Crippen molar-refractivity contribution in [2.45, 2.75) is 57.3 Å². The molecule has 0 radical (unpaired) electrons. The van der Waals surface area contributed by atoms with Gasteiger partial charge in [-0.1, -0.05) is 29.2 Å². The Morgan fingerprint density at radius 2 is 2.09 bits per heavy atom. The Morgan fingerprint density at radius 1 is 1.38 bits per heavy atom. The van der Waals surface area contributed by atoms with E-state index in [0.29, 0.717) is 22.7 Å². The van der Waals surface area contributed by atoms with Crippen molar-refractivity contribution >= 4 is 36.7 Å². The second-order valence-electron chi connectivity index (χ2n) is 9.09. The molecule has 2 aromatic rings. The fourth-order valence-electron chi connectivity index (χ4n) is 4.28. The van der Waals surface area contributed by atoms with Crippen molar-refractivity contribution in [1.29, 1.82) is 0 Å². The van der Waals surface area contributed by atoms with Gasteiger partial charge >= 0.3 is 0 Å². The maximum atomic E-state index is 13.7. The Hall–Kier alpha value is -1.83. The molecule has 2 aliphatic rings. The number of carbonyl (C=O) groups excluding carboxylic acids is 1. The standard InChI is InChI=1S/C22H30F2N5OPS/c1-12(2)19(29(26)11-15(25)13-5-6-13)21(30)28-9-3-4-17(28)20-27-16-8-7-14(22(23,24)31)10-18(16)32-20/h7-8,10-13,17,19H,3-6,9,25-26,31H2,1-2H3/b15-11-. The van der Waals surface area contributed by atoms with Gasteiger partial charge in [-0.3, -0.25) is 4.79 Å². The third kappa shape index (κ3) is 4.75. The molecule has 32 heavy (non-hydrogen) atoms. The summed E-state index contributed by atoms with van der Waals surface area (Å²) >= 11 is 1.37. The average molecular weight is 482 g/mol. The second kappa shape index (κ2) is 8.84. The van der Waals surface area contributed by atoms with Crippen LogP contribution in [0.25, 0.3) is 10.2 Å². The van der Waals surface area contributed by atoms with E-state index in [1.54, 1.807) is 21.5 Å². The number of aromatic nitrogens is 1. The number of amides is 1. The van der Waals surface area contributed by atoms with Crippen LogP contribution in [-0.2, 0) is 10.5 Å². The van der Waals surface area contributed by atoms with Gasteiger partial charge in [0.05, 0.1) is 16.3 Å². The van der Waals surface area contributed by atoms with Gasteiger partial charge in [-0.2, -0.15) is 8.78 Å². The number of likely N-dealkylation sites (tertiary alicyclic amines) is 1. The van der Waals surface area contributed by atoms with Gasteiger partial charge in [0, 0.05) is 29.9 Å². The lowest BCUT2D eigenvalue weighted by Crippen LogP contribution is -2.52. The Labute approximate surface area is 193 Å². The highest BCUT2D eigenvalue weighted by molar-refractivity contribution is 7.19. The fraction of sp³-hybridized carbons (Fsp3) is 0.545. The molecule has 4 rings (SSSR count). The first-order valence-electron chi connectivity index (χ1n) is 10.9. The van der Waals surface area contributed by atoms with Crippen molar-refractivity contribution in [2.24, 2.45) is 23.4 Å². The number of rotatable bonds is 7. The molecule has 1 aliphatic heterocycles. The molecule has 10 heteroatoms. The van der Waals surface area contributed by atoms with Gasteiger partial charge in [0.15, 0.2) is 0 Å².